The third-order valence-electron chi connectivity index (χ3n) is 8.84. The predicted molar refractivity (Wildman–Crippen MR) is 185 cm³/mol. The highest BCUT2D eigenvalue weighted by Crippen LogP contribution is 2.51. The first kappa shape index (κ1) is 24.5. The van der Waals surface area contributed by atoms with Crippen LogP contribution < -0.4 is 0 Å². The Morgan fingerprint density at radius 3 is 1.60 bits per heavy atom. The van der Waals surface area contributed by atoms with Crippen molar-refractivity contribution in [3.63, 3.8) is 0 Å². The maximum Gasteiger partial charge on any atom is 0.0213 e. The van der Waals surface area contributed by atoms with Crippen LogP contribution in [0.2, 0.25) is 0 Å². The van der Waals surface area contributed by atoms with E-state index in [2.05, 4.69) is 158 Å². The van der Waals surface area contributed by atoms with Crippen molar-refractivity contribution in [2.75, 3.05) is 0 Å². The predicted octanol–water partition coefficient (Wildman–Crippen LogP) is 12.3. The van der Waals surface area contributed by atoms with Crippen molar-refractivity contribution in [2.45, 2.75) is 9.79 Å². The summed E-state index contributed by atoms with van der Waals surface area (Å²) in [5, 5.41) is 7.77. The Labute approximate surface area is 255 Å². The maximum absolute atomic E-state index is 2.43. The second-order valence-electron chi connectivity index (χ2n) is 11.2. The molecule has 0 spiro atoms. The zero-order valence-corrected chi connectivity index (χ0v) is 24.2. The van der Waals surface area contributed by atoms with E-state index in [0.29, 0.717) is 0 Å². The van der Waals surface area contributed by atoms with Crippen molar-refractivity contribution in [2.24, 2.45) is 0 Å². The second-order valence-corrected chi connectivity index (χ2v) is 12.3. The third kappa shape index (κ3) is 3.79. The van der Waals surface area contributed by atoms with Gasteiger partial charge in [0.05, 0.1) is 0 Å². The molecule has 43 heavy (non-hydrogen) atoms. The minimum atomic E-state index is 1.23. The first-order valence-corrected chi connectivity index (χ1v) is 15.6. The largest absolute Gasteiger partial charge is 0.0888 e. The summed E-state index contributed by atoms with van der Waals surface area (Å²) in [6.07, 6.45) is 0. The van der Waals surface area contributed by atoms with E-state index in [-0.39, 0.29) is 0 Å². The molecule has 1 aliphatic heterocycles. The molecule has 9 rings (SSSR count). The fraction of sp³-hybridized carbons (Fsp3) is 0. The van der Waals surface area contributed by atoms with Gasteiger partial charge in [-0.1, -0.05) is 151 Å². The number of hydrogen-bond donors (Lipinski definition) is 0. The van der Waals surface area contributed by atoms with E-state index < -0.39 is 0 Å². The molecule has 0 fully saturated rings. The van der Waals surface area contributed by atoms with Gasteiger partial charge in [0.15, 0.2) is 0 Å². The zero-order valence-electron chi connectivity index (χ0n) is 23.4. The minimum Gasteiger partial charge on any atom is -0.0888 e. The van der Waals surface area contributed by atoms with Crippen LogP contribution in [0.15, 0.2) is 168 Å². The maximum atomic E-state index is 2.43. The fourth-order valence-corrected chi connectivity index (χ4v) is 8.22. The molecule has 0 unspecified atom stereocenters. The Hall–Kier alpha value is -5.11. The Balaban J connectivity index is 1.37. The topological polar surface area (TPSA) is 0 Å². The normalized spacial score (nSPS) is 12.1. The standard InChI is InChI=1S/C42H26S/c1-2-13-27(14-3-1)30-16-4-5-18-32(30)42-36-21-8-6-19-34(36)40(35-20-7-9-22-37(35)42)29-25-28-15-12-23-33-31-17-10-11-24-38(31)43-39(26-29)41(28)33/h1-26H. The minimum absolute atomic E-state index is 1.23. The Morgan fingerprint density at radius 1 is 0.326 bits per heavy atom. The van der Waals surface area contributed by atoms with E-state index in [0.717, 1.165) is 0 Å². The number of rotatable bonds is 3. The first-order chi connectivity index (χ1) is 21.3. The SMILES string of the molecule is c1ccc(-c2ccccc2-c2c3ccccc3c(-c3cc4c5c(cccc5c3)-c3ccccc3S4)c3ccccc23)cc1. The summed E-state index contributed by atoms with van der Waals surface area (Å²) in [5.41, 5.74) is 10.3. The van der Waals surface area contributed by atoms with Crippen LogP contribution in [0.4, 0.5) is 0 Å². The highest BCUT2D eigenvalue weighted by molar-refractivity contribution is 7.99. The lowest BCUT2D eigenvalue weighted by atomic mass is 9.83. The Kier molecular flexibility index (Phi) is 5.54. The summed E-state index contributed by atoms with van der Waals surface area (Å²) >= 11 is 1.89. The smallest absolute Gasteiger partial charge is 0.0213 e. The number of fused-ring (bicyclic) bond motifs is 4. The molecule has 0 amide bonds. The molecule has 1 heterocycles. The molecule has 0 radical (unpaired) electrons. The average molecular weight is 563 g/mol. The Bertz CT molecular complexity index is 2310. The van der Waals surface area contributed by atoms with Crippen LogP contribution in [-0.4, -0.2) is 0 Å². The molecule has 0 aromatic heterocycles. The second kappa shape index (κ2) is 9.73. The molecule has 200 valence electrons. The fourth-order valence-electron chi connectivity index (χ4n) is 7.03. The van der Waals surface area contributed by atoms with Gasteiger partial charge in [-0.3, -0.25) is 0 Å². The van der Waals surface area contributed by atoms with Gasteiger partial charge in [0.25, 0.3) is 0 Å². The van der Waals surface area contributed by atoms with Gasteiger partial charge in [0.1, 0.15) is 0 Å². The molecule has 0 saturated carbocycles. The monoisotopic (exact) mass is 562 g/mol. The van der Waals surface area contributed by atoms with Gasteiger partial charge in [-0.05, 0) is 89.6 Å². The van der Waals surface area contributed by atoms with Crippen LogP contribution in [0.1, 0.15) is 0 Å². The van der Waals surface area contributed by atoms with Gasteiger partial charge in [-0.25, -0.2) is 0 Å². The zero-order chi connectivity index (χ0) is 28.3. The lowest BCUT2D eigenvalue weighted by Crippen LogP contribution is -1.95. The van der Waals surface area contributed by atoms with E-state index in [1.165, 1.54) is 86.6 Å². The molecular formula is C42H26S. The molecule has 8 aromatic rings. The molecule has 0 aliphatic carbocycles. The molecule has 1 heteroatoms. The van der Waals surface area contributed by atoms with Crippen molar-refractivity contribution < 1.29 is 0 Å². The van der Waals surface area contributed by atoms with Crippen molar-refractivity contribution in [1.82, 2.24) is 0 Å². The van der Waals surface area contributed by atoms with Gasteiger partial charge in [-0.15, -0.1) is 0 Å². The summed E-state index contributed by atoms with van der Waals surface area (Å²) in [5.74, 6) is 0. The molecule has 0 N–H and O–H groups in total. The van der Waals surface area contributed by atoms with Crippen LogP contribution in [0.25, 0.3) is 76.8 Å². The molecule has 0 bridgehead atoms. The summed E-state index contributed by atoms with van der Waals surface area (Å²) in [6, 6.07) is 57.9. The van der Waals surface area contributed by atoms with E-state index >= 15 is 0 Å². The van der Waals surface area contributed by atoms with Crippen molar-refractivity contribution in [3.8, 4) is 44.5 Å². The van der Waals surface area contributed by atoms with E-state index in [9.17, 15) is 0 Å². The van der Waals surface area contributed by atoms with Crippen LogP contribution in [-0.2, 0) is 0 Å². The lowest BCUT2D eigenvalue weighted by Gasteiger charge is -2.23. The van der Waals surface area contributed by atoms with Gasteiger partial charge < -0.3 is 0 Å². The Morgan fingerprint density at radius 2 is 0.884 bits per heavy atom. The van der Waals surface area contributed by atoms with E-state index in [4.69, 9.17) is 0 Å². The van der Waals surface area contributed by atoms with Gasteiger partial charge in [0, 0.05) is 15.2 Å². The molecular weight excluding hydrogens is 537 g/mol. The van der Waals surface area contributed by atoms with Crippen molar-refractivity contribution in [3.05, 3.63) is 158 Å². The molecule has 0 atom stereocenters. The van der Waals surface area contributed by atoms with Gasteiger partial charge in [0.2, 0.25) is 0 Å². The van der Waals surface area contributed by atoms with Crippen LogP contribution >= 0.6 is 11.8 Å². The van der Waals surface area contributed by atoms with Crippen LogP contribution in [0.3, 0.4) is 0 Å². The summed E-state index contributed by atoms with van der Waals surface area (Å²) < 4.78 is 0. The summed E-state index contributed by atoms with van der Waals surface area (Å²) in [6.45, 7) is 0. The van der Waals surface area contributed by atoms with Gasteiger partial charge in [-0.2, -0.15) is 0 Å². The van der Waals surface area contributed by atoms with Crippen molar-refractivity contribution in [1.29, 1.82) is 0 Å². The van der Waals surface area contributed by atoms with Crippen molar-refractivity contribution >= 4 is 44.1 Å². The molecule has 1 aliphatic rings. The number of hydrogen-bond acceptors (Lipinski definition) is 1. The average Bonchev–Trinajstić information content (AvgIpc) is 3.07. The van der Waals surface area contributed by atoms with Crippen LogP contribution in [0, 0.1) is 0 Å². The molecule has 0 saturated heterocycles. The molecule has 0 nitrogen and oxygen atoms in total. The lowest BCUT2D eigenvalue weighted by molar-refractivity contribution is 1.40. The van der Waals surface area contributed by atoms with Crippen LogP contribution in [0.5, 0.6) is 0 Å². The van der Waals surface area contributed by atoms with E-state index in [1.807, 2.05) is 11.8 Å². The first-order valence-electron chi connectivity index (χ1n) is 14.8. The van der Waals surface area contributed by atoms with E-state index in [1.54, 1.807) is 0 Å². The quantitative estimate of drug-likeness (QED) is 0.193. The number of benzene rings is 8. The molecule has 8 aromatic carbocycles. The van der Waals surface area contributed by atoms with Gasteiger partial charge >= 0.3 is 0 Å². The highest BCUT2D eigenvalue weighted by atomic mass is 32.2. The summed E-state index contributed by atoms with van der Waals surface area (Å²) in [4.78, 5) is 2.65. The third-order valence-corrected chi connectivity index (χ3v) is 9.96. The summed E-state index contributed by atoms with van der Waals surface area (Å²) in [7, 11) is 0. The highest BCUT2D eigenvalue weighted by Gasteiger charge is 2.22.